The summed E-state index contributed by atoms with van der Waals surface area (Å²) in [5.41, 5.74) is 5.23. The van der Waals surface area contributed by atoms with Gasteiger partial charge >= 0.3 is 0 Å². The smallest absolute Gasteiger partial charge is 0.271 e. The van der Waals surface area contributed by atoms with Crippen molar-refractivity contribution in [2.45, 2.75) is 26.7 Å². The predicted octanol–water partition coefficient (Wildman–Crippen LogP) is 3.40. The fourth-order valence-corrected chi connectivity index (χ4v) is 2.49. The summed E-state index contributed by atoms with van der Waals surface area (Å²) in [6.45, 7) is 3.75. The van der Waals surface area contributed by atoms with Gasteiger partial charge in [-0.3, -0.25) is 9.59 Å². The Morgan fingerprint density at radius 3 is 2.29 bits per heavy atom. The molecule has 2 aromatic carbocycles. The predicted molar refractivity (Wildman–Crippen MR) is 109 cm³/mol. The molecule has 7 nitrogen and oxygen atoms in total. The largest absolute Gasteiger partial charge is 0.493 e. The number of nitrogens with one attached hydrogen (secondary N) is 2. The van der Waals surface area contributed by atoms with Crippen LogP contribution in [0.5, 0.6) is 11.5 Å². The molecule has 0 aliphatic carbocycles. The second-order valence-electron chi connectivity index (χ2n) is 6.13. The molecule has 0 saturated heterocycles. The van der Waals surface area contributed by atoms with Crippen LogP contribution in [0.15, 0.2) is 47.6 Å². The number of methoxy groups -OCH3 is 2. The Hall–Kier alpha value is -3.35. The van der Waals surface area contributed by atoms with Gasteiger partial charge in [-0.2, -0.15) is 5.10 Å². The number of hydrogen-bond acceptors (Lipinski definition) is 5. The summed E-state index contributed by atoms with van der Waals surface area (Å²) in [5.74, 6) is 0.369. The number of benzene rings is 2. The van der Waals surface area contributed by atoms with Gasteiger partial charge < -0.3 is 14.8 Å². The Bertz CT molecular complexity index is 860. The van der Waals surface area contributed by atoms with Gasteiger partial charge in [0, 0.05) is 17.0 Å². The standard InChI is InChI=1S/C21H25N3O4/c1-5-15-6-9-17(10-7-15)22-20(25)12-14(2)23-24-21(26)16-8-11-18(27-3)19(13-16)28-4/h6-11,13H,5,12H2,1-4H3,(H,22,25)(H,24,26)/b23-14+. The molecule has 0 atom stereocenters. The van der Waals surface area contributed by atoms with E-state index in [1.807, 2.05) is 24.3 Å². The Labute approximate surface area is 164 Å². The maximum Gasteiger partial charge on any atom is 0.271 e. The average molecular weight is 383 g/mol. The van der Waals surface area contributed by atoms with Crippen molar-refractivity contribution in [2.75, 3.05) is 19.5 Å². The Morgan fingerprint density at radius 2 is 1.68 bits per heavy atom. The third-order valence-electron chi connectivity index (χ3n) is 4.06. The summed E-state index contributed by atoms with van der Waals surface area (Å²) in [7, 11) is 3.02. The van der Waals surface area contributed by atoms with E-state index in [1.54, 1.807) is 25.1 Å². The third-order valence-corrected chi connectivity index (χ3v) is 4.06. The van der Waals surface area contributed by atoms with E-state index in [0.29, 0.717) is 22.8 Å². The first-order valence-corrected chi connectivity index (χ1v) is 8.91. The molecule has 0 spiro atoms. The van der Waals surface area contributed by atoms with Crippen molar-refractivity contribution >= 4 is 23.2 Å². The fraction of sp³-hybridized carbons (Fsp3) is 0.286. The van der Waals surface area contributed by atoms with Crippen LogP contribution in [0, 0.1) is 0 Å². The molecular formula is C21H25N3O4. The molecule has 0 saturated carbocycles. The van der Waals surface area contributed by atoms with Gasteiger partial charge in [0.1, 0.15) is 0 Å². The van der Waals surface area contributed by atoms with Gasteiger partial charge in [0.2, 0.25) is 5.91 Å². The van der Waals surface area contributed by atoms with Crippen molar-refractivity contribution in [3.63, 3.8) is 0 Å². The zero-order chi connectivity index (χ0) is 20.5. The third kappa shape index (κ3) is 5.84. The number of hydrazone groups is 1. The lowest BCUT2D eigenvalue weighted by molar-refractivity contribution is -0.115. The molecule has 0 aliphatic heterocycles. The lowest BCUT2D eigenvalue weighted by Gasteiger charge is -2.09. The Balaban J connectivity index is 1.92. The van der Waals surface area contributed by atoms with Gasteiger partial charge in [-0.05, 0) is 49.2 Å². The Morgan fingerprint density at radius 1 is 1.00 bits per heavy atom. The first-order valence-electron chi connectivity index (χ1n) is 8.91. The van der Waals surface area contributed by atoms with E-state index in [-0.39, 0.29) is 12.3 Å². The van der Waals surface area contributed by atoms with E-state index in [1.165, 1.54) is 19.8 Å². The van der Waals surface area contributed by atoms with E-state index < -0.39 is 5.91 Å². The molecule has 2 N–H and O–H groups in total. The maximum absolute atomic E-state index is 12.2. The number of aryl methyl sites for hydroxylation is 1. The highest BCUT2D eigenvalue weighted by Crippen LogP contribution is 2.27. The maximum atomic E-state index is 12.2. The second-order valence-corrected chi connectivity index (χ2v) is 6.13. The van der Waals surface area contributed by atoms with E-state index in [4.69, 9.17) is 9.47 Å². The summed E-state index contributed by atoms with van der Waals surface area (Å²) < 4.78 is 10.3. The molecule has 28 heavy (non-hydrogen) atoms. The quantitative estimate of drug-likeness (QED) is 0.540. The zero-order valence-electron chi connectivity index (χ0n) is 16.5. The number of rotatable bonds is 8. The van der Waals surface area contributed by atoms with Crippen LogP contribution in [0.1, 0.15) is 36.2 Å². The van der Waals surface area contributed by atoms with Gasteiger partial charge in [-0.25, -0.2) is 5.43 Å². The monoisotopic (exact) mass is 383 g/mol. The molecule has 0 unspecified atom stereocenters. The molecule has 0 fully saturated rings. The van der Waals surface area contributed by atoms with Gasteiger partial charge in [-0.1, -0.05) is 19.1 Å². The SMILES string of the molecule is CCc1ccc(NC(=O)C/C(C)=N/NC(=O)c2ccc(OC)c(OC)c2)cc1. The van der Waals surface area contributed by atoms with Gasteiger partial charge in [0.25, 0.3) is 5.91 Å². The van der Waals surface area contributed by atoms with E-state index in [9.17, 15) is 9.59 Å². The highest BCUT2D eigenvalue weighted by atomic mass is 16.5. The lowest BCUT2D eigenvalue weighted by atomic mass is 10.1. The molecule has 2 rings (SSSR count). The first-order chi connectivity index (χ1) is 13.5. The van der Waals surface area contributed by atoms with Crippen molar-refractivity contribution < 1.29 is 19.1 Å². The van der Waals surface area contributed by atoms with Crippen LogP contribution < -0.4 is 20.2 Å². The number of anilines is 1. The molecule has 2 amide bonds. The van der Waals surface area contributed by atoms with E-state index in [2.05, 4.69) is 22.8 Å². The molecule has 148 valence electrons. The molecule has 7 heteroatoms. The van der Waals surface area contributed by atoms with Crippen LogP contribution in [-0.2, 0) is 11.2 Å². The summed E-state index contributed by atoms with van der Waals surface area (Å²) in [5, 5.41) is 6.80. The number of hydrogen-bond donors (Lipinski definition) is 2. The van der Waals surface area contributed by atoms with Crippen LogP contribution in [-0.4, -0.2) is 31.7 Å². The number of nitrogens with zero attached hydrogens (tertiary/aromatic N) is 1. The highest BCUT2D eigenvalue weighted by Gasteiger charge is 2.11. The molecule has 0 heterocycles. The van der Waals surface area contributed by atoms with E-state index in [0.717, 1.165) is 12.1 Å². The minimum absolute atomic E-state index is 0.0712. The zero-order valence-corrected chi connectivity index (χ0v) is 16.5. The van der Waals surface area contributed by atoms with Gasteiger partial charge in [0.15, 0.2) is 11.5 Å². The lowest BCUT2D eigenvalue weighted by Crippen LogP contribution is -2.21. The number of carbonyl (C=O) groups excluding carboxylic acids is 2. The first kappa shape index (κ1) is 21.0. The number of amides is 2. The van der Waals surface area contributed by atoms with Crippen molar-refractivity contribution in [2.24, 2.45) is 5.10 Å². The highest BCUT2D eigenvalue weighted by molar-refractivity contribution is 6.06. The van der Waals surface area contributed by atoms with Crippen LogP contribution in [0.3, 0.4) is 0 Å². The van der Waals surface area contributed by atoms with Crippen molar-refractivity contribution in [3.05, 3.63) is 53.6 Å². The normalized spacial score (nSPS) is 10.9. The summed E-state index contributed by atoms with van der Waals surface area (Å²) in [4.78, 5) is 24.3. The topological polar surface area (TPSA) is 89.0 Å². The summed E-state index contributed by atoms with van der Waals surface area (Å²) in [6.07, 6.45) is 1.02. The minimum atomic E-state index is -0.407. The minimum Gasteiger partial charge on any atom is -0.493 e. The van der Waals surface area contributed by atoms with Crippen molar-refractivity contribution in [1.82, 2.24) is 5.43 Å². The molecule has 2 aromatic rings. The fourth-order valence-electron chi connectivity index (χ4n) is 2.49. The van der Waals surface area contributed by atoms with Crippen LogP contribution in [0.4, 0.5) is 5.69 Å². The molecular weight excluding hydrogens is 358 g/mol. The van der Waals surface area contributed by atoms with Gasteiger partial charge in [-0.15, -0.1) is 0 Å². The van der Waals surface area contributed by atoms with Crippen molar-refractivity contribution in [3.8, 4) is 11.5 Å². The molecule has 0 aromatic heterocycles. The number of carbonyl (C=O) groups is 2. The molecule has 0 aliphatic rings. The van der Waals surface area contributed by atoms with Gasteiger partial charge in [0.05, 0.1) is 20.6 Å². The Kier molecular flexibility index (Phi) is 7.56. The van der Waals surface area contributed by atoms with E-state index >= 15 is 0 Å². The second kappa shape index (κ2) is 10.1. The van der Waals surface area contributed by atoms with Crippen LogP contribution >= 0.6 is 0 Å². The summed E-state index contributed by atoms with van der Waals surface area (Å²) >= 11 is 0. The van der Waals surface area contributed by atoms with Crippen LogP contribution in [0.2, 0.25) is 0 Å². The molecule has 0 bridgehead atoms. The average Bonchev–Trinajstić information content (AvgIpc) is 2.71. The van der Waals surface area contributed by atoms with Crippen LogP contribution in [0.25, 0.3) is 0 Å². The summed E-state index contributed by atoms with van der Waals surface area (Å²) in [6, 6.07) is 12.5. The van der Waals surface area contributed by atoms with Crippen molar-refractivity contribution in [1.29, 1.82) is 0 Å². The number of ether oxygens (including phenoxy) is 2. The molecule has 0 radical (unpaired) electrons.